The number of anilines is 1. The van der Waals surface area contributed by atoms with E-state index in [0.29, 0.717) is 0 Å². The van der Waals surface area contributed by atoms with E-state index < -0.39 is 10.0 Å². The molecule has 2 aromatic rings. The summed E-state index contributed by atoms with van der Waals surface area (Å²) in [5, 5.41) is 0.00476. The number of pyridine rings is 1. The number of rotatable bonds is 3. The number of hydrogen-bond donors (Lipinski definition) is 1. The molecule has 1 N–H and O–H groups in total. The SMILES string of the molecule is O=S(=O)(Nc1ccnc(Cl)n1)c1cnccc1Cl. The summed E-state index contributed by atoms with van der Waals surface area (Å²) in [7, 11) is -3.85. The Morgan fingerprint density at radius 1 is 1.17 bits per heavy atom. The highest BCUT2D eigenvalue weighted by Crippen LogP contribution is 2.21. The lowest BCUT2D eigenvalue weighted by Gasteiger charge is -2.07. The van der Waals surface area contributed by atoms with Crippen molar-refractivity contribution in [3.05, 3.63) is 41.0 Å². The van der Waals surface area contributed by atoms with Gasteiger partial charge in [0.15, 0.2) is 0 Å². The molecule has 0 atom stereocenters. The van der Waals surface area contributed by atoms with Crippen molar-refractivity contribution in [1.82, 2.24) is 15.0 Å². The monoisotopic (exact) mass is 304 g/mol. The van der Waals surface area contributed by atoms with Gasteiger partial charge < -0.3 is 0 Å². The molecule has 2 aromatic heterocycles. The summed E-state index contributed by atoms with van der Waals surface area (Å²) in [6.07, 6.45) is 3.87. The third-order valence-corrected chi connectivity index (χ3v) is 3.89. The average molecular weight is 305 g/mol. The number of halogens is 2. The molecular formula is C9H6Cl2N4O2S. The fraction of sp³-hybridized carbons (Fsp3) is 0. The van der Waals surface area contributed by atoms with Crippen molar-refractivity contribution in [2.45, 2.75) is 4.90 Å². The average Bonchev–Trinajstić information content (AvgIpc) is 2.28. The van der Waals surface area contributed by atoms with E-state index >= 15 is 0 Å². The lowest BCUT2D eigenvalue weighted by atomic mass is 10.5. The summed E-state index contributed by atoms with van der Waals surface area (Å²) >= 11 is 11.3. The Morgan fingerprint density at radius 3 is 2.61 bits per heavy atom. The summed E-state index contributed by atoms with van der Waals surface area (Å²) in [5.41, 5.74) is 0. The molecule has 0 fully saturated rings. The van der Waals surface area contributed by atoms with Crippen LogP contribution >= 0.6 is 23.2 Å². The quantitative estimate of drug-likeness (QED) is 0.876. The van der Waals surface area contributed by atoms with Crippen LogP contribution in [-0.4, -0.2) is 23.4 Å². The first-order valence-electron chi connectivity index (χ1n) is 4.60. The third-order valence-electron chi connectivity index (χ3n) is 1.89. The summed E-state index contributed by atoms with van der Waals surface area (Å²) in [6, 6.07) is 2.75. The molecule has 0 aliphatic heterocycles. The molecule has 0 aliphatic carbocycles. The van der Waals surface area contributed by atoms with Crippen molar-refractivity contribution in [3.8, 4) is 0 Å². The maximum absolute atomic E-state index is 12.0. The van der Waals surface area contributed by atoms with Gasteiger partial charge in [-0.2, -0.15) is 4.98 Å². The van der Waals surface area contributed by atoms with E-state index in [9.17, 15) is 8.42 Å². The highest BCUT2D eigenvalue weighted by molar-refractivity contribution is 7.92. The van der Waals surface area contributed by atoms with E-state index in [4.69, 9.17) is 23.2 Å². The number of hydrogen-bond acceptors (Lipinski definition) is 5. The van der Waals surface area contributed by atoms with Gasteiger partial charge in [0.25, 0.3) is 10.0 Å². The molecular weight excluding hydrogens is 299 g/mol. The molecule has 0 amide bonds. The minimum absolute atomic E-state index is 0.0509. The zero-order chi connectivity index (χ0) is 13.2. The van der Waals surface area contributed by atoms with Gasteiger partial charge in [0.2, 0.25) is 5.28 Å². The van der Waals surface area contributed by atoms with Gasteiger partial charge in [-0.25, -0.2) is 13.4 Å². The van der Waals surface area contributed by atoms with Gasteiger partial charge in [0.1, 0.15) is 10.7 Å². The minimum Gasteiger partial charge on any atom is -0.263 e. The van der Waals surface area contributed by atoms with Crippen LogP contribution in [0.25, 0.3) is 0 Å². The first-order valence-corrected chi connectivity index (χ1v) is 6.84. The molecule has 9 heteroatoms. The van der Waals surface area contributed by atoms with Crippen molar-refractivity contribution >= 4 is 39.0 Å². The van der Waals surface area contributed by atoms with Crippen LogP contribution in [0.5, 0.6) is 0 Å². The normalized spacial score (nSPS) is 11.2. The Balaban J connectivity index is 2.37. The van der Waals surface area contributed by atoms with Crippen molar-refractivity contribution in [2.24, 2.45) is 0 Å². The summed E-state index contributed by atoms with van der Waals surface area (Å²) in [4.78, 5) is 10.9. The van der Waals surface area contributed by atoms with Crippen LogP contribution in [-0.2, 0) is 10.0 Å². The van der Waals surface area contributed by atoms with E-state index in [1.165, 1.54) is 24.5 Å². The van der Waals surface area contributed by atoms with Crippen molar-refractivity contribution in [1.29, 1.82) is 0 Å². The molecule has 0 aromatic carbocycles. The Kier molecular flexibility index (Phi) is 3.65. The van der Waals surface area contributed by atoms with Crippen LogP contribution in [0.3, 0.4) is 0 Å². The molecule has 18 heavy (non-hydrogen) atoms. The Morgan fingerprint density at radius 2 is 1.94 bits per heavy atom. The fourth-order valence-electron chi connectivity index (χ4n) is 1.15. The van der Waals surface area contributed by atoms with E-state index in [0.717, 1.165) is 6.20 Å². The van der Waals surface area contributed by atoms with Crippen LogP contribution in [0.1, 0.15) is 0 Å². The maximum Gasteiger partial charge on any atom is 0.266 e. The number of sulfonamides is 1. The molecule has 0 unspecified atom stereocenters. The molecule has 0 saturated carbocycles. The molecule has 2 rings (SSSR count). The second-order valence-corrected chi connectivity index (χ2v) is 5.52. The smallest absolute Gasteiger partial charge is 0.263 e. The van der Waals surface area contributed by atoms with Gasteiger partial charge in [0.05, 0.1) is 5.02 Å². The Hall–Kier alpha value is -1.44. The second kappa shape index (κ2) is 5.05. The molecule has 0 aliphatic rings. The topological polar surface area (TPSA) is 84.8 Å². The van der Waals surface area contributed by atoms with Crippen molar-refractivity contribution < 1.29 is 8.42 Å². The lowest BCUT2D eigenvalue weighted by molar-refractivity contribution is 0.600. The molecule has 6 nitrogen and oxygen atoms in total. The predicted molar refractivity (Wildman–Crippen MR) is 67.1 cm³/mol. The summed E-state index contributed by atoms with van der Waals surface area (Å²) < 4.78 is 26.2. The first kappa shape index (κ1) is 13.0. The predicted octanol–water partition coefficient (Wildman–Crippen LogP) is 1.98. The van der Waals surface area contributed by atoms with E-state index in [-0.39, 0.29) is 21.0 Å². The highest BCUT2D eigenvalue weighted by atomic mass is 35.5. The molecule has 94 valence electrons. The van der Waals surface area contributed by atoms with Gasteiger partial charge in [0, 0.05) is 18.6 Å². The van der Waals surface area contributed by atoms with Gasteiger partial charge in [-0.15, -0.1) is 0 Å². The number of aromatic nitrogens is 3. The molecule has 0 radical (unpaired) electrons. The van der Waals surface area contributed by atoms with Crippen LogP contribution in [0.2, 0.25) is 10.3 Å². The summed E-state index contributed by atoms with van der Waals surface area (Å²) in [6.45, 7) is 0. The standard InChI is InChI=1S/C9H6Cl2N4O2S/c10-6-1-3-12-5-7(6)18(16,17)15-8-2-4-13-9(11)14-8/h1-5H,(H,13,14,15). The van der Waals surface area contributed by atoms with Crippen LogP contribution in [0.4, 0.5) is 5.82 Å². The third kappa shape index (κ3) is 2.87. The molecule has 0 saturated heterocycles. The van der Waals surface area contributed by atoms with Gasteiger partial charge in [-0.05, 0) is 23.7 Å². The van der Waals surface area contributed by atoms with Crippen LogP contribution < -0.4 is 4.72 Å². The largest absolute Gasteiger partial charge is 0.266 e. The second-order valence-electron chi connectivity index (χ2n) is 3.12. The number of nitrogens with zero attached hydrogens (tertiary/aromatic N) is 3. The lowest BCUT2D eigenvalue weighted by Crippen LogP contribution is -2.14. The summed E-state index contributed by atoms with van der Waals surface area (Å²) in [5.74, 6) is 0.0509. The first-order chi connectivity index (χ1) is 8.49. The zero-order valence-corrected chi connectivity index (χ0v) is 11.0. The van der Waals surface area contributed by atoms with E-state index in [1.807, 2.05) is 0 Å². The van der Waals surface area contributed by atoms with Crippen LogP contribution in [0, 0.1) is 0 Å². The fourth-order valence-corrected chi connectivity index (χ4v) is 2.73. The highest BCUT2D eigenvalue weighted by Gasteiger charge is 2.18. The number of nitrogens with one attached hydrogen (secondary N) is 1. The molecule has 0 bridgehead atoms. The maximum atomic E-state index is 12.0. The molecule has 0 spiro atoms. The van der Waals surface area contributed by atoms with Gasteiger partial charge in [-0.3, -0.25) is 9.71 Å². The van der Waals surface area contributed by atoms with Crippen molar-refractivity contribution in [3.63, 3.8) is 0 Å². The van der Waals surface area contributed by atoms with E-state index in [2.05, 4.69) is 19.7 Å². The van der Waals surface area contributed by atoms with Gasteiger partial charge >= 0.3 is 0 Å². The zero-order valence-electron chi connectivity index (χ0n) is 8.71. The van der Waals surface area contributed by atoms with Gasteiger partial charge in [-0.1, -0.05) is 11.6 Å². The Bertz CT molecular complexity index is 678. The molecule has 2 heterocycles. The van der Waals surface area contributed by atoms with Crippen LogP contribution in [0.15, 0.2) is 35.6 Å². The Labute approximate surface area is 113 Å². The van der Waals surface area contributed by atoms with Crippen molar-refractivity contribution in [2.75, 3.05) is 4.72 Å². The van der Waals surface area contributed by atoms with E-state index in [1.54, 1.807) is 0 Å². The minimum atomic E-state index is -3.85.